The summed E-state index contributed by atoms with van der Waals surface area (Å²) in [5.74, 6) is 0.895. The molecule has 0 radical (unpaired) electrons. The fraction of sp³-hybridized carbons (Fsp3) is 0.419. The fourth-order valence-corrected chi connectivity index (χ4v) is 7.05. The molecule has 2 N–H and O–H groups in total. The minimum absolute atomic E-state index is 0.0408. The number of anilines is 2. The monoisotopic (exact) mass is 619 g/mol. The molecule has 232 valence electrons. The Balaban J connectivity index is 1.35. The van der Waals surface area contributed by atoms with Crippen molar-refractivity contribution in [3.05, 3.63) is 76.2 Å². The van der Waals surface area contributed by atoms with Crippen molar-refractivity contribution in [2.24, 2.45) is 0 Å². The van der Waals surface area contributed by atoms with Gasteiger partial charge in [0.15, 0.2) is 0 Å². The maximum atomic E-state index is 14.1. The van der Waals surface area contributed by atoms with E-state index < -0.39 is 10.0 Å². The number of hydrogen-bond acceptors (Lipinski definition) is 10. The van der Waals surface area contributed by atoms with Crippen LogP contribution in [0.15, 0.2) is 59.4 Å². The summed E-state index contributed by atoms with van der Waals surface area (Å²) in [6.07, 6.45) is 9.31. The molecule has 1 aliphatic carbocycles. The molecular formula is C31H37N7O5S. The summed E-state index contributed by atoms with van der Waals surface area (Å²) in [6.45, 7) is 3.97. The van der Waals surface area contributed by atoms with E-state index in [0.717, 1.165) is 66.2 Å². The van der Waals surface area contributed by atoms with E-state index >= 15 is 0 Å². The van der Waals surface area contributed by atoms with Gasteiger partial charge in [-0.25, -0.2) is 22.4 Å². The predicted octanol–water partition coefficient (Wildman–Crippen LogP) is 3.69. The first-order chi connectivity index (χ1) is 21.3. The number of rotatable bonds is 11. The summed E-state index contributed by atoms with van der Waals surface area (Å²) >= 11 is 0. The van der Waals surface area contributed by atoms with Gasteiger partial charge in [0, 0.05) is 29.9 Å². The van der Waals surface area contributed by atoms with E-state index in [1.807, 2.05) is 30.3 Å². The summed E-state index contributed by atoms with van der Waals surface area (Å²) in [6, 6.07) is 9.48. The smallest absolute Gasteiger partial charge is 0.260 e. The molecule has 1 aliphatic heterocycles. The molecule has 4 heterocycles. The van der Waals surface area contributed by atoms with Crippen LogP contribution in [0.4, 0.5) is 11.6 Å². The van der Waals surface area contributed by atoms with Gasteiger partial charge in [0.1, 0.15) is 23.8 Å². The lowest BCUT2D eigenvalue weighted by molar-refractivity contribution is 0.162. The number of benzene rings is 1. The molecule has 0 spiro atoms. The van der Waals surface area contributed by atoms with Crippen LogP contribution in [0.1, 0.15) is 50.3 Å². The van der Waals surface area contributed by atoms with Gasteiger partial charge in [0.05, 0.1) is 30.8 Å². The Kier molecular flexibility index (Phi) is 8.78. The highest BCUT2D eigenvalue weighted by molar-refractivity contribution is 7.89. The topological polar surface area (TPSA) is 142 Å². The summed E-state index contributed by atoms with van der Waals surface area (Å²) in [4.78, 5) is 27.5. The molecule has 12 nitrogen and oxygen atoms in total. The number of hydrogen-bond donors (Lipinski definition) is 2. The molecule has 0 bridgehead atoms. The average Bonchev–Trinajstić information content (AvgIpc) is 3.68. The molecule has 0 saturated carbocycles. The van der Waals surface area contributed by atoms with Crippen molar-refractivity contribution in [1.29, 1.82) is 0 Å². The number of allylic oxidation sites excluding steroid dienone is 2. The molecule has 13 heteroatoms. The lowest BCUT2D eigenvalue weighted by Crippen LogP contribution is -2.34. The van der Waals surface area contributed by atoms with Crippen LogP contribution in [0.5, 0.6) is 5.75 Å². The summed E-state index contributed by atoms with van der Waals surface area (Å²) in [7, 11) is -2.30. The van der Waals surface area contributed by atoms with Gasteiger partial charge in [-0.2, -0.15) is 4.98 Å². The van der Waals surface area contributed by atoms with Gasteiger partial charge >= 0.3 is 0 Å². The third-order valence-electron chi connectivity index (χ3n) is 8.19. The summed E-state index contributed by atoms with van der Waals surface area (Å²) in [5.41, 5.74) is 4.07. The SMILES string of the molecule is COCCS(=O)(=O)n1cncc1Cn1c(=O)c(C2=C(C)CCC2)cc2cnc(Nc3ccc(OC4CCNCC4)cc3)nc21. The van der Waals surface area contributed by atoms with E-state index in [0.29, 0.717) is 28.2 Å². The molecule has 0 amide bonds. The van der Waals surface area contributed by atoms with Gasteiger partial charge < -0.3 is 20.1 Å². The van der Waals surface area contributed by atoms with Gasteiger partial charge in [-0.05, 0) is 88.0 Å². The molecular weight excluding hydrogens is 582 g/mol. The highest BCUT2D eigenvalue weighted by Crippen LogP contribution is 2.33. The Morgan fingerprint density at radius 1 is 1.11 bits per heavy atom. The number of fused-ring (bicyclic) bond motifs is 1. The fourth-order valence-electron chi connectivity index (χ4n) is 5.81. The number of ether oxygens (including phenoxy) is 2. The number of pyridine rings is 1. The maximum Gasteiger partial charge on any atom is 0.260 e. The zero-order valence-corrected chi connectivity index (χ0v) is 25.8. The Morgan fingerprint density at radius 3 is 2.64 bits per heavy atom. The first-order valence-electron chi connectivity index (χ1n) is 14.9. The van der Waals surface area contributed by atoms with Gasteiger partial charge in [0.2, 0.25) is 16.0 Å². The minimum atomic E-state index is -3.75. The zero-order chi connectivity index (χ0) is 30.7. The first-order valence-corrected chi connectivity index (χ1v) is 16.5. The molecule has 2 aliphatic rings. The van der Waals surface area contributed by atoms with E-state index in [2.05, 4.69) is 27.5 Å². The van der Waals surface area contributed by atoms with Crippen molar-refractivity contribution in [3.63, 3.8) is 0 Å². The average molecular weight is 620 g/mol. The molecule has 4 aromatic rings. The molecule has 1 saturated heterocycles. The van der Waals surface area contributed by atoms with Crippen molar-refractivity contribution < 1.29 is 17.9 Å². The highest BCUT2D eigenvalue weighted by Gasteiger charge is 2.23. The van der Waals surface area contributed by atoms with E-state index in [1.54, 1.807) is 6.20 Å². The lowest BCUT2D eigenvalue weighted by atomic mass is 10.0. The van der Waals surface area contributed by atoms with Crippen LogP contribution in [0.3, 0.4) is 0 Å². The van der Waals surface area contributed by atoms with Crippen molar-refractivity contribution in [2.45, 2.75) is 51.7 Å². The van der Waals surface area contributed by atoms with Crippen molar-refractivity contribution >= 4 is 38.3 Å². The van der Waals surface area contributed by atoms with Crippen molar-refractivity contribution in [1.82, 2.24) is 28.8 Å². The molecule has 44 heavy (non-hydrogen) atoms. The Morgan fingerprint density at radius 2 is 1.91 bits per heavy atom. The van der Waals surface area contributed by atoms with Crippen LogP contribution in [-0.4, -0.2) is 70.6 Å². The lowest BCUT2D eigenvalue weighted by Gasteiger charge is -2.23. The highest BCUT2D eigenvalue weighted by atomic mass is 32.2. The van der Waals surface area contributed by atoms with Crippen LogP contribution >= 0.6 is 0 Å². The van der Waals surface area contributed by atoms with Gasteiger partial charge in [-0.3, -0.25) is 9.36 Å². The second kappa shape index (κ2) is 12.9. The third-order valence-corrected chi connectivity index (χ3v) is 9.80. The maximum absolute atomic E-state index is 14.1. The van der Waals surface area contributed by atoms with E-state index in [4.69, 9.17) is 14.5 Å². The second-order valence-electron chi connectivity index (χ2n) is 11.2. The molecule has 6 rings (SSSR count). The van der Waals surface area contributed by atoms with Crippen LogP contribution in [0.2, 0.25) is 0 Å². The van der Waals surface area contributed by atoms with Crippen LogP contribution in [0.25, 0.3) is 16.6 Å². The third kappa shape index (κ3) is 6.40. The molecule has 3 aromatic heterocycles. The molecule has 0 atom stereocenters. The van der Waals surface area contributed by atoms with Crippen molar-refractivity contribution in [2.75, 3.05) is 37.9 Å². The summed E-state index contributed by atoms with van der Waals surface area (Å²) in [5, 5.41) is 7.25. The normalized spacial score (nSPS) is 16.1. The number of piperidine rings is 1. The largest absolute Gasteiger partial charge is 0.490 e. The van der Waals surface area contributed by atoms with Crippen LogP contribution < -0.4 is 20.9 Å². The number of aromatic nitrogens is 5. The number of nitrogens with zero attached hydrogens (tertiary/aromatic N) is 5. The Labute approximate surface area is 256 Å². The van der Waals surface area contributed by atoms with E-state index in [9.17, 15) is 13.2 Å². The second-order valence-corrected chi connectivity index (χ2v) is 13.2. The van der Waals surface area contributed by atoms with Gasteiger partial charge in [-0.1, -0.05) is 5.57 Å². The standard InChI is InChI=1S/C31H37N7O5S/c1-21-4-3-5-27(21)28-16-22-17-34-31(35-23-6-8-25(9-7-23)43-26-10-12-32-13-11-26)36-29(22)37(30(28)39)19-24-18-33-20-38(24)44(40,41)15-14-42-2/h6-9,16-18,20,26,32H,3-5,10-15,19H2,1-2H3,(H,34,35,36). The minimum Gasteiger partial charge on any atom is -0.490 e. The van der Waals surface area contributed by atoms with E-state index in [-0.39, 0.29) is 30.6 Å². The molecule has 1 aromatic carbocycles. The van der Waals surface area contributed by atoms with Crippen molar-refractivity contribution in [3.8, 4) is 5.75 Å². The first kappa shape index (κ1) is 30.0. The Bertz CT molecular complexity index is 1840. The number of methoxy groups -OCH3 is 1. The van der Waals surface area contributed by atoms with Crippen LogP contribution in [-0.2, 0) is 21.3 Å². The zero-order valence-electron chi connectivity index (χ0n) is 25.0. The Hall–Kier alpha value is -4.07. The number of nitrogens with one attached hydrogen (secondary N) is 2. The molecule has 0 unspecified atom stereocenters. The van der Waals surface area contributed by atoms with E-state index in [1.165, 1.54) is 29.8 Å². The van der Waals surface area contributed by atoms with Gasteiger partial charge in [0.25, 0.3) is 5.56 Å². The van der Waals surface area contributed by atoms with Gasteiger partial charge in [-0.15, -0.1) is 0 Å². The summed E-state index contributed by atoms with van der Waals surface area (Å²) < 4.78 is 39.8. The quantitative estimate of drug-likeness (QED) is 0.255. The predicted molar refractivity (Wildman–Crippen MR) is 169 cm³/mol. The molecule has 1 fully saturated rings. The van der Waals surface area contributed by atoms with Crippen LogP contribution in [0, 0.1) is 0 Å². The number of imidazole rings is 1.